The first kappa shape index (κ1) is 5.69. The minimum Gasteiger partial charge on any atom is -0.396 e. The summed E-state index contributed by atoms with van der Waals surface area (Å²) in [7, 11) is 0. The molecule has 2 rings (SSSR count). The van der Waals surface area contributed by atoms with E-state index in [0.717, 1.165) is 12.5 Å². The summed E-state index contributed by atoms with van der Waals surface area (Å²) in [6.07, 6.45) is 2.77. The summed E-state index contributed by atoms with van der Waals surface area (Å²) in [4.78, 5) is 0. The predicted octanol–water partition coefficient (Wildman–Crippen LogP) is -0.0233. The highest BCUT2D eigenvalue weighted by atomic mass is 16.3. The second-order valence-electron chi connectivity index (χ2n) is 3.21. The van der Waals surface area contributed by atoms with Gasteiger partial charge in [0.1, 0.15) is 0 Å². The molecule has 2 aliphatic rings. The van der Waals surface area contributed by atoms with E-state index in [1.54, 1.807) is 0 Å². The van der Waals surface area contributed by atoms with Gasteiger partial charge in [0.2, 0.25) is 0 Å². The van der Waals surface area contributed by atoms with Crippen molar-refractivity contribution >= 4 is 0 Å². The Kier molecular flexibility index (Phi) is 1.24. The molecule has 9 heavy (non-hydrogen) atoms. The van der Waals surface area contributed by atoms with E-state index in [-0.39, 0.29) is 0 Å². The summed E-state index contributed by atoms with van der Waals surface area (Å²) in [6, 6.07) is 0.676. The van der Waals surface area contributed by atoms with E-state index in [9.17, 15) is 0 Å². The van der Waals surface area contributed by atoms with Crippen molar-refractivity contribution in [1.29, 1.82) is 0 Å². The molecule has 2 nitrogen and oxygen atoms in total. The molecule has 0 aromatic heterocycles. The molecule has 1 heterocycles. The van der Waals surface area contributed by atoms with Crippen LogP contribution in [0.3, 0.4) is 0 Å². The van der Waals surface area contributed by atoms with Gasteiger partial charge in [-0.3, -0.25) is 0 Å². The first-order valence-corrected chi connectivity index (χ1v) is 3.76. The quantitative estimate of drug-likeness (QED) is 0.546. The molecule has 2 atom stereocenters. The Morgan fingerprint density at radius 2 is 2.22 bits per heavy atom. The maximum atomic E-state index is 8.79. The van der Waals surface area contributed by atoms with Crippen LogP contribution in [0, 0.1) is 11.8 Å². The standard InChI is InChI=1S/C7H13NO/c9-4-6-3-8-7(6)5-1-2-5/h5-9H,1-4H2. The van der Waals surface area contributed by atoms with Gasteiger partial charge in [-0.05, 0) is 18.8 Å². The van der Waals surface area contributed by atoms with E-state index in [1.807, 2.05) is 0 Å². The topological polar surface area (TPSA) is 32.3 Å². The highest BCUT2D eigenvalue weighted by Gasteiger charge is 2.41. The summed E-state index contributed by atoms with van der Waals surface area (Å²) in [5, 5.41) is 12.1. The van der Waals surface area contributed by atoms with Gasteiger partial charge in [-0.25, -0.2) is 0 Å². The minimum absolute atomic E-state index is 0.383. The van der Waals surface area contributed by atoms with Gasteiger partial charge in [0, 0.05) is 25.1 Å². The molecule has 2 N–H and O–H groups in total. The van der Waals surface area contributed by atoms with Crippen molar-refractivity contribution in [3.8, 4) is 0 Å². The molecule has 0 aromatic rings. The van der Waals surface area contributed by atoms with Crippen molar-refractivity contribution in [2.45, 2.75) is 18.9 Å². The molecular formula is C7H13NO. The summed E-state index contributed by atoms with van der Waals surface area (Å²) < 4.78 is 0. The lowest BCUT2D eigenvalue weighted by Gasteiger charge is -2.37. The fraction of sp³-hybridized carbons (Fsp3) is 1.00. The third-order valence-electron chi connectivity index (χ3n) is 2.49. The van der Waals surface area contributed by atoms with Crippen molar-refractivity contribution in [2.75, 3.05) is 13.2 Å². The molecule has 0 amide bonds. The Balaban J connectivity index is 1.83. The molecule has 0 aromatic carbocycles. The number of hydrogen-bond donors (Lipinski definition) is 2. The molecule has 0 spiro atoms. The van der Waals surface area contributed by atoms with Gasteiger partial charge in [-0.15, -0.1) is 0 Å². The van der Waals surface area contributed by atoms with Crippen LogP contribution < -0.4 is 5.32 Å². The molecular weight excluding hydrogens is 114 g/mol. The van der Waals surface area contributed by atoms with Crippen molar-refractivity contribution in [3.05, 3.63) is 0 Å². The molecule has 1 aliphatic heterocycles. The average Bonchev–Trinajstić information content (AvgIpc) is 2.48. The third kappa shape index (κ3) is 0.864. The number of aliphatic hydroxyl groups is 1. The monoisotopic (exact) mass is 127 g/mol. The normalized spacial score (nSPS) is 42.3. The summed E-state index contributed by atoms with van der Waals surface area (Å²) >= 11 is 0. The fourth-order valence-electron chi connectivity index (χ4n) is 1.61. The zero-order valence-electron chi connectivity index (χ0n) is 5.51. The highest BCUT2D eigenvalue weighted by molar-refractivity contribution is 4.97. The zero-order valence-corrected chi connectivity index (χ0v) is 5.51. The van der Waals surface area contributed by atoms with E-state index in [2.05, 4.69) is 5.32 Å². The van der Waals surface area contributed by atoms with Crippen LogP contribution in [0.2, 0.25) is 0 Å². The Hall–Kier alpha value is -0.0800. The van der Waals surface area contributed by atoms with Gasteiger partial charge in [0.25, 0.3) is 0 Å². The largest absolute Gasteiger partial charge is 0.396 e. The third-order valence-corrected chi connectivity index (χ3v) is 2.49. The van der Waals surface area contributed by atoms with Gasteiger partial charge in [0.15, 0.2) is 0 Å². The zero-order chi connectivity index (χ0) is 6.27. The van der Waals surface area contributed by atoms with Gasteiger partial charge in [-0.2, -0.15) is 0 Å². The first-order chi connectivity index (χ1) is 4.42. The fourth-order valence-corrected chi connectivity index (χ4v) is 1.61. The number of aliphatic hydroxyl groups excluding tert-OH is 1. The van der Waals surface area contributed by atoms with Crippen LogP contribution in [0.25, 0.3) is 0 Å². The lowest BCUT2D eigenvalue weighted by atomic mass is 9.89. The van der Waals surface area contributed by atoms with E-state index in [0.29, 0.717) is 18.6 Å². The molecule has 1 saturated carbocycles. The molecule has 52 valence electrons. The summed E-state index contributed by atoms with van der Waals surface area (Å²) in [6.45, 7) is 1.42. The van der Waals surface area contributed by atoms with E-state index in [4.69, 9.17) is 5.11 Å². The predicted molar refractivity (Wildman–Crippen MR) is 35.1 cm³/mol. The minimum atomic E-state index is 0.383. The molecule has 2 unspecified atom stereocenters. The van der Waals surface area contributed by atoms with Crippen molar-refractivity contribution in [3.63, 3.8) is 0 Å². The second kappa shape index (κ2) is 1.96. The SMILES string of the molecule is OCC1CNC1C1CC1. The number of nitrogens with one attached hydrogen (secondary N) is 1. The van der Waals surface area contributed by atoms with Crippen LogP contribution in [-0.2, 0) is 0 Å². The lowest BCUT2D eigenvalue weighted by Crippen LogP contribution is -2.55. The highest BCUT2D eigenvalue weighted by Crippen LogP contribution is 2.38. The maximum Gasteiger partial charge on any atom is 0.0486 e. The number of hydrogen-bond acceptors (Lipinski definition) is 2. The van der Waals surface area contributed by atoms with Crippen LogP contribution in [0.1, 0.15) is 12.8 Å². The lowest BCUT2D eigenvalue weighted by molar-refractivity contribution is 0.115. The van der Waals surface area contributed by atoms with Gasteiger partial charge < -0.3 is 10.4 Å². The van der Waals surface area contributed by atoms with Gasteiger partial charge in [-0.1, -0.05) is 0 Å². The smallest absolute Gasteiger partial charge is 0.0486 e. The van der Waals surface area contributed by atoms with E-state index < -0.39 is 0 Å². The van der Waals surface area contributed by atoms with Crippen LogP contribution in [0.5, 0.6) is 0 Å². The Morgan fingerprint density at radius 3 is 2.56 bits per heavy atom. The molecule has 2 fully saturated rings. The Morgan fingerprint density at radius 1 is 1.44 bits per heavy atom. The molecule has 0 radical (unpaired) electrons. The molecule has 1 saturated heterocycles. The number of rotatable bonds is 2. The van der Waals surface area contributed by atoms with Crippen molar-refractivity contribution in [2.24, 2.45) is 11.8 Å². The Labute approximate surface area is 55.3 Å². The Bertz CT molecular complexity index is 109. The summed E-state index contributed by atoms with van der Waals surface area (Å²) in [5.74, 6) is 1.49. The summed E-state index contributed by atoms with van der Waals surface area (Å²) in [5.41, 5.74) is 0. The van der Waals surface area contributed by atoms with Gasteiger partial charge in [0.05, 0.1) is 0 Å². The van der Waals surface area contributed by atoms with Crippen LogP contribution in [0.15, 0.2) is 0 Å². The van der Waals surface area contributed by atoms with Crippen LogP contribution in [0.4, 0.5) is 0 Å². The van der Waals surface area contributed by atoms with Gasteiger partial charge >= 0.3 is 0 Å². The average molecular weight is 127 g/mol. The molecule has 1 aliphatic carbocycles. The second-order valence-corrected chi connectivity index (χ2v) is 3.21. The van der Waals surface area contributed by atoms with Crippen molar-refractivity contribution < 1.29 is 5.11 Å². The maximum absolute atomic E-state index is 8.79. The molecule has 2 heteroatoms. The van der Waals surface area contributed by atoms with E-state index >= 15 is 0 Å². The first-order valence-electron chi connectivity index (χ1n) is 3.76. The van der Waals surface area contributed by atoms with E-state index in [1.165, 1.54) is 12.8 Å². The van der Waals surface area contributed by atoms with Crippen molar-refractivity contribution in [1.82, 2.24) is 5.32 Å². The van der Waals surface area contributed by atoms with Crippen LogP contribution in [-0.4, -0.2) is 24.3 Å². The van der Waals surface area contributed by atoms with Crippen LogP contribution >= 0.6 is 0 Å². The molecule has 0 bridgehead atoms.